The molecule has 0 atom stereocenters. The molecule has 4 heteroatoms. The number of fused-ring (bicyclic) bond motifs is 1. The van der Waals surface area contributed by atoms with Gasteiger partial charge in [0.05, 0.1) is 12.4 Å². The second kappa shape index (κ2) is 1.28. The van der Waals surface area contributed by atoms with Crippen LogP contribution >= 0.6 is 0 Å². The number of carbonyl (C=O) groups excluding carboxylic acids is 1. The van der Waals surface area contributed by atoms with Crippen LogP contribution in [-0.4, -0.2) is 18.0 Å². The fourth-order valence-electron chi connectivity index (χ4n) is 0.683. The van der Waals surface area contributed by atoms with Crippen molar-refractivity contribution in [1.29, 1.82) is 0 Å². The molecule has 9 heavy (non-hydrogen) atoms. The second-order valence-corrected chi connectivity index (χ2v) is 1.64. The van der Waals surface area contributed by atoms with Crippen molar-refractivity contribution in [3.8, 4) is 0 Å². The second-order valence-electron chi connectivity index (χ2n) is 1.64. The van der Waals surface area contributed by atoms with Crippen molar-refractivity contribution in [3.05, 3.63) is 12.0 Å². The lowest BCUT2D eigenvalue weighted by atomic mass is 10.4. The van der Waals surface area contributed by atoms with Gasteiger partial charge in [0.15, 0.2) is 5.76 Å². The molecule has 44 valence electrons. The highest BCUT2D eigenvalue weighted by Crippen LogP contribution is 2.13. The fraction of sp³-hybridized carbons (Fsp3) is 0. The van der Waals surface area contributed by atoms with Gasteiger partial charge in [-0.1, -0.05) is 0 Å². The predicted octanol–water partition coefficient (Wildman–Crippen LogP) is 0.503. The number of aliphatic imine (C=N–C) groups is 2. The van der Waals surface area contributed by atoms with E-state index in [9.17, 15) is 4.79 Å². The molecule has 0 aromatic heterocycles. The summed E-state index contributed by atoms with van der Waals surface area (Å²) in [6, 6.07) is 0. The van der Waals surface area contributed by atoms with Gasteiger partial charge in [-0.3, -0.25) is 4.99 Å². The minimum absolute atomic E-state index is 0.458. The van der Waals surface area contributed by atoms with Crippen molar-refractivity contribution in [3.63, 3.8) is 0 Å². The van der Waals surface area contributed by atoms with Crippen molar-refractivity contribution in [2.75, 3.05) is 0 Å². The van der Waals surface area contributed by atoms with Gasteiger partial charge in [0.1, 0.15) is 5.71 Å². The molecule has 2 rings (SSSR count). The molecule has 0 saturated heterocycles. The molecular formula is C5H2N2O2. The molecule has 0 radical (unpaired) electrons. The maximum atomic E-state index is 10.3. The average Bonchev–Trinajstić information content (AvgIpc) is 2.22. The molecule has 0 unspecified atom stereocenters. The third-order valence-corrected chi connectivity index (χ3v) is 1.05. The lowest BCUT2D eigenvalue weighted by Crippen LogP contribution is -1.93. The Balaban J connectivity index is 2.51. The third-order valence-electron chi connectivity index (χ3n) is 1.05. The molecule has 1 amide bonds. The number of nitrogens with zero attached hydrogens (tertiary/aromatic N) is 2. The molecular weight excluding hydrogens is 120 g/mol. The summed E-state index contributed by atoms with van der Waals surface area (Å²) >= 11 is 0. The number of rotatable bonds is 0. The predicted molar refractivity (Wildman–Crippen MR) is 30.5 cm³/mol. The van der Waals surface area contributed by atoms with Crippen molar-refractivity contribution >= 4 is 18.0 Å². The number of amides is 1. The first kappa shape index (κ1) is 4.43. The van der Waals surface area contributed by atoms with Gasteiger partial charge < -0.3 is 4.74 Å². The fourth-order valence-corrected chi connectivity index (χ4v) is 0.683. The zero-order valence-electron chi connectivity index (χ0n) is 4.37. The Labute approximate surface area is 50.6 Å². The van der Waals surface area contributed by atoms with Gasteiger partial charge in [0, 0.05) is 0 Å². The van der Waals surface area contributed by atoms with Crippen LogP contribution in [0.5, 0.6) is 0 Å². The molecule has 0 N–H and O–H groups in total. The van der Waals surface area contributed by atoms with Gasteiger partial charge in [0.2, 0.25) is 0 Å². The highest BCUT2D eigenvalue weighted by molar-refractivity contribution is 6.42. The van der Waals surface area contributed by atoms with E-state index in [4.69, 9.17) is 0 Å². The van der Waals surface area contributed by atoms with E-state index in [0.29, 0.717) is 11.5 Å². The number of ether oxygens (including phenoxy) is 1. The molecule has 2 aliphatic rings. The molecule has 0 fully saturated rings. The van der Waals surface area contributed by atoms with E-state index in [1.807, 2.05) is 0 Å². The van der Waals surface area contributed by atoms with E-state index in [1.54, 1.807) is 0 Å². The Bertz CT molecular complexity index is 262. The van der Waals surface area contributed by atoms with Crippen molar-refractivity contribution in [2.45, 2.75) is 0 Å². The molecule has 0 bridgehead atoms. The van der Waals surface area contributed by atoms with E-state index in [2.05, 4.69) is 14.7 Å². The molecule has 0 aromatic rings. The Kier molecular flexibility index (Phi) is 0.631. The zero-order chi connectivity index (χ0) is 6.27. The Morgan fingerprint density at radius 3 is 3.22 bits per heavy atom. The smallest absolute Gasteiger partial charge is 0.405 e. The van der Waals surface area contributed by atoms with Crippen LogP contribution in [0.25, 0.3) is 0 Å². The van der Waals surface area contributed by atoms with Crippen LogP contribution in [0.4, 0.5) is 4.79 Å². The quantitative estimate of drug-likeness (QED) is 0.469. The Morgan fingerprint density at radius 1 is 1.56 bits per heavy atom. The Morgan fingerprint density at radius 2 is 2.44 bits per heavy atom. The molecule has 4 nitrogen and oxygen atoms in total. The number of carbonyl (C=O) groups is 1. The molecule has 0 saturated carbocycles. The summed E-state index contributed by atoms with van der Waals surface area (Å²) in [5.74, 6) is 0.458. The Hall–Kier alpha value is -1.45. The average molecular weight is 122 g/mol. The van der Waals surface area contributed by atoms with Crippen LogP contribution < -0.4 is 0 Å². The maximum absolute atomic E-state index is 10.3. The van der Waals surface area contributed by atoms with Crippen LogP contribution in [0.3, 0.4) is 0 Å². The van der Waals surface area contributed by atoms with Crippen molar-refractivity contribution in [2.24, 2.45) is 9.98 Å². The van der Waals surface area contributed by atoms with E-state index in [-0.39, 0.29) is 0 Å². The van der Waals surface area contributed by atoms with E-state index >= 15 is 0 Å². The highest BCUT2D eigenvalue weighted by Gasteiger charge is 2.22. The van der Waals surface area contributed by atoms with Gasteiger partial charge in [-0.2, -0.15) is 4.99 Å². The summed E-state index contributed by atoms with van der Waals surface area (Å²) in [6.07, 6.45) is 2.40. The number of hydrogen-bond donors (Lipinski definition) is 0. The summed E-state index contributed by atoms with van der Waals surface area (Å²) in [5.41, 5.74) is 0.528. The van der Waals surface area contributed by atoms with Crippen molar-refractivity contribution < 1.29 is 9.53 Å². The third kappa shape index (κ3) is 0.495. The van der Waals surface area contributed by atoms with Gasteiger partial charge in [-0.05, 0) is 0 Å². The summed E-state index contributed by atoms with van der Waals surface area (Å²) in [7, 11) is 0. The van der Waals surface area contributed by atoms with Crippen LogP contribution in [0.1, 0.15) is 0 Å². The summed E-state index contributed by atoms with van der Waals surface area (Å²) in [6.45, 7) is 0. The topological polar surface area (TPSA) is 51.0 Å². The van der Waals surface area contributed by atoms with Gasteiger partial charge in [0.25, 0.3) is 0 Å². The van der Waals surface area contributed by atoms with Crippen LogP contribution in [0, 0.1) is 0 Å². The minimum Gasteiger partial charge on any atom is -0.405 e. The summed E-state index contributed by atoms with van der Waals surface area (Å²) in [4.78, 5) is 17.5. The lowest BCUT2D eigenvalue weighted by Gasteiger charge is -1.85. The molecule has 2 aliphatic heterocycles. The van der Waals surface area contributed by atoms with E-state index < -0.39 is 6.09 Å². The standard InChI is InChI=1S/C5H2N2O2/c8-5-7-3-1-6-2-4(3)9-5/h1-2H. The maximum Gasteiger partial charge on any atom is 0.439 e. The highest BCUT2D eigenvalue weighted by atomic mass is 16.6. The van der Waals surface area contributed by atoms with E-state index in [1.165, 1.54) is 12.4 Å². The first-order chi connectivity index (χ1) is 4.36. The molecule has 2 heterocycles. The summed E-state index contributed by atoms with van der Waals surface area (Å²) < 4.78 is 4.58. The minimum atomic E-state index is -0.553. The molecule has 0 aliphatic carbocycles. The largest absolute Gasteiger partial charge is 0.439 e. The monoisotopic (exact) mass is 122 g/mol. The van der Waals surface area contributed by atoms with Gasteiger partial charge in [-0.15, -0.1) is 0 Å². The first-order valence-corrected chi connectivity index (χ1v) is 2.40. The first-order valence-electron chi connectivity index (χ1n) is 2.40. The van der Waals surface area contributed by atoms with Crippen LogP contribution in [0.2, 0.25) is 0 Å². The molecule has 0 aromatic carbocycles. The normalized spacial score (nSPS) is 21.1. The SMILES string of the molecule is O=C1N=C2C=NC=C2O1. The number of allylic oxidation sites excluding steroid dienone is 1. The van der Waals surface area contributed by atoms with Gasteiger partial charge in [-0.25, -0.2) is 4.79 Å². The van der Waals surface area contributed by atoms with E-state index in [0.717, 1.165) is 0 Å². The van der Waals surface area contributed by atoms with Gasteiger partial charge >= 0.3 is 6.09 Å². The van der Waals surface area contributed by atoms with Crippen molar-refractivity contribution in [1.82, 2.24) is 0 Å². The van der Waals surface area contributed by atoms with Crippen LogP contribution in [0.15, 0.2) is 21.9 Å². The summed E-state index contributed by atoms with van der Waals surface area (Å²) in [5, 5.41) is 0. The zero-order valence-corrected chi connectivity index (χ0v) is 4.37. The number of hydrogen-bond acceptors (Lipinski definition) is 3. The lowest BCUT2D eigenvalue weighted by molar-refractivity contribution is 0.197. The van der Waals surface area contributed by atoms with Crippen LogP contribution in [-0.2, 0) is 4.74 Å². The molecule has 0 spiro atoms.